The Morgan fingerprint density at radius 2 is 1.84 bits per heavy atom. The summed E-state index contributed by atoms with van der Waals surface area (Å²) in [6.45, 7) is 2.29. The Hall–Kier alpha value is -2.22. The van der Waals surface area contributed by atoms with Gasteiger partial charge in [-0.25, -0.2) is 4.79 Å². The average molecular weight is 352 g/mol. The van der Waals surface area contributed by atoms with E-state index < -0.39 is 12.1 Å². The van der Waals surface area contributed by atoms with Gasteiger partial charge in [0.15, 0.2) is 6.10 Å². The highest BCUT2D eigenvalue weighted by atomic mass is 16.5. The second kappa shape index (κ2) is 8.75. The normalized spacial score (nSPS) is 24.4. The molecule has 0 spiro atoms. The van der Waals surface area contributed by atoms with Crippen LogP contribution in [0, 0.1) is 11.8 Å². The molecule has 2 rings (SSSR count). The van der Waals surface area contributed by atoms with Gasteiger partial charge in [-0.15, -0.1) is 0 Å². The summed E-state index contributed by atoms with van der Waals surface area (Å²) in [4.78, 5) is 47.1. The quantitative estimate of drug-likeness (QED) is 0.481. The van der Waals surface area contributed by atoms with Crippen molar-refractivity contribution in [2.45, 2.75) is 38.7 Å². The van der Waals surface area contributed by atoms with Gasteiger partial charge in [0.25, 0.3) is 11.8 Å². The summed E-state index contributed by atoms with van der Waals surface area (Å²) in [7, 11) is 0. The molecule has 1 heterocycles. The number of aliphatic carboxylic acids is 1. The topological polar surface area (TPSA) is 113 Å². The number of ether oxygens (including phenoxy) is 1. The van der Waals surface area contributed by atoms with Gasteiger partial charge in [-0.1, -0.05) is 0 Å². The van der Waals surface area contributed by atoms with E-state index in [2.05, 4.69) is 5.32 Å². The first-order valence-electron chi connectivity index (χ1n) is 8.54. The number of imide groups is 1. The zero-order chi connectivity index (χ0) is 18.4. The maximum absolute atomic E-state index is 12.1. The monoisotopic (exact) mass is 352 g/mol. The molecule has 1 unspecified atom stereocenters. The van der Waals surface area contributed by atoms with Crippen molar-refractivity contribution < 1.29 is 29.0 Å². The molecule has 2 aliphatic rings. The molecular weight excluding hydrogens is 328 g/mol. The number of carboxylic acids is 1. The maximum Gasteiger partial charge on any atom is 0.332 e. The molecule has 8 nitrogen and oxygen atoms in total. The molecule has 0 bridgehead atoms. The Kier molecular flexibility index (Phi) is 6.69. The SMILES string of the molecule is CC(OCCNC(=O)C1CCC(CN2C(=O)C=CC2=O)CC1)C(=O)O. The number of nitrogens with zero attached hydrogens (tertiary/aromatic N) is 1. The second-order valence-corrected chi connectivity index (χ2v) is 6.48. The number of hydrogen-bond donors (Lipinski definition) is 2. The van der Waals surface area contributed by atoms with Crippen LogP contribution in [0.4, 0.5) is 0 Å². The van der Waals surface area contributed by atoms with Crippen molar-refractivity contribution in [3.05, 3.63) is 12.2 Å². The fourth-order valence-electron chi connectivity index (χ4n) is 3.10. The third kappa shape index (κ3) is 5.38. The molecule has 138 valence electrons. The van der Waals surface area contributed by atoms with Gasteiger partial charge in [-0.2, -0.15) is 0 Å². The van der Waals surface area contributed by atoms with E-state index in [-0.39, 0.29) is 42.7 Å². The van der Waals surface area contributed by atoms with Crippen molar-refractivity contribution in [1.29, 1.82) is 0 Å². The fourth-order valence-corrected chi connectivity index (χ4v) is 3.10. The summed E-state index contributed by atoms with van der Waals surface area (Å²) in [5.74, 6) is -1.47. The van der Waals surface area contributed by atoms with Gasteiger partial charge in [0.1, 0.15) is 0 Å². The van der Waals surface area contributed by atoms with Crippen LogP contribution in [-0.2, 0) is 23.9 Å². The van der Waals surface area contributed by atoms with Crippen molar-refractivity contribution in [3.8, 4) is 0 Å². The Labute approximate surface area is 146 Å². The summed E-state index contributed by atoms with van der Waals surface area (Å²) in [5, 5.41) is 11.5. The number of rotatable bonds is 8. The zero-order valence-electron chi connectivity index (χ0n) is 14.3. The summed E-state index contributed by atoms with van der Waals surface area (Å²) in [5.41, 5.74) is 0. The zero-order valence-corrected chi connectivity index (χ0v) is 14.3. The lowest BCUT2D eigenvalue weighted by Gasteiger charge is -2.30. The molecule has 1 fully saturated rings. The molecule has 1 aliphatic carbocycles. The number of nitrogens with one attached hydrogen (secondary N) is 1. The van der Waals surface area contributed by atoms with E-state index in [0.717, 1.165) is 12.8 Å². The van der Waals surface area contributed by atoms with E-state index >= 15 is 0 Å². The lowest BCUT2D eigenvalue weighted by Crippen LogP contribution is -2.39. The standard InChI is InChI=1S/C17H24N2O6/c1-11(17(23)24)25-9-8-18-16(22)13-4-2-12(3-5-13)10-19-14(20)6-7-15(19)21/h6-7,11-13H,2-5,8-10H2,1H3,(H,18,22)(H,23,24). The van der Waals surface area contributed by atoms with E-state index in [1.165, 1.54) is 24.0 Å². The lowest BCUT2D eigenvalue weighted by atomic mass is 9.81. The van der Waals surface area contributed by atoms with Crippen LogP contribution in [0.3, 0.4) is 0 Å². The molecule has 1 atom stereocenters. The van der Waals surface area contributed by atoms with Crippen molar-refractivity contribution in [3.63, 3.8) is 0 Å². The van der Waals surface area contributed by atoms with E-state index in [1.807, 2.05) is 0 Å². The molecule has 3 amide bonds. The Morgan fingerprint density at radius 3 is 2.40 bits per heavy atom. The molecule has 1 aliphatic heterocycles. The minimum absolute atomic E-state index is 0.0555. The maximum atomic E-state index is 12.1. The van der Waals surface area contributed by atoms with Gasteiger partial charge in [0, 0.05) is 31.2 Å². The van der Waals surface area contributed by atoms with Crippen molar-refractivity contribution in [1.82, 2.24) is 10.2 Å². The van der Waals surface area contributed by atoms with Gasteiger partial charge in [0.2, 0.25) is 5.91 Å². The van der Waals surface area contributed by atoms with Crippen molar-refractivity contribution in [2.24, 2.45) is 11.8 Å². The van der Waals surface area contributed by atoms with Crippen LogP contribution in [-0.4, -0.2) is 59.5 Å². The summed E-state index contributed by atoms with van der Waals surface area (Å²) in [6.07, 6.45) is 4.70. The third-order valence-corrected chi connectivity index (χ3v) is 4.68. The predicted octanol–water partition coefficient (Wildman–Crippen LogP) is 0.324. The molecule has 1 saturated carbocycles. The number of amides is 3. The summed E-state index contributed by atoms with van der Waals surface area (Å²) >= 11 is 0. The van der Waals surface area contributed by atoms with Gasteiger partial charge in [-0.3, -0.25) is 19.3 Å². The summed E-state index contributed by atoms with van der Waals surface area (Å²) < 4.78 is 5.06. The Balaban J connectivity index is 1.64. The van der Waals surface area contributed by atoms with Crippen LogP contribution >= 0.6 is 0 Å². The minimum atomic E-state index is -1.03. The molecule has 8 heteroatoms. The van der Waals surface area contributed by atoms with Crippen LogP contribution in [0.5, 0.6) is 0 Å². The first kappa shape index (κ1) is 19.1. The first-order chi connectivity index (χ1) is 11.9. The van der Waals surface area contributed by atoms with Gasteiger partial charge in [-0.05, 0) is 38.5 Å². The van der Waals surface area contributed by atoms with Gasteiger partial charge >= 0.3 is 5.97 Å². The van der Waals surface area contributed by atoms with E-state index in [9.17, 15) is 19.2 Å². The molecule has 0 aromatic heterocycles. The van der Waals surface area contributed by atoms with Crippen molar-refractivity contribution in [2.75, 3.05) is 19.7 Å². The largest absolute Gasteiger partial charge is 0.479 e. The van der Waals surface area contributed by atoms with Crippen LogP contribution < -0.4 is 5.32 Å². The van der Waals surface area contributed by atoms with Gasteiger partial charge in [0.05, 0.1) is 6.61 Å². The highest BCUT2D eigenvalue weighted by molar-refractivity contribution is 6.12. The molecule has 0 aromatic carbocycles. The first-order valence-corrected chi connectivity index (χ1v) is 8.54. The highest BCUT2D eigenvalue weighted by Gasteiger charge is 2.31. The van der Waals surface area contributed by atoms with Crippen LogP contribution in [0.1, 0.15) is 32.6 Å². The Morgan fingerprint density at radius 1 is 1.24 bits per heavy atom. The van der Waals surface area contributed by atoms with Gasteiger partial charge < -0.3 is 15.2 Å². The molecule has 0 saturated heterocycles. The lowest BCUT2D eigenvalue weighted by molar-refractivity contribution is -0.149. The number of carbonyl (C=O) groups is 4. The van der Waals surface area contributed by atoms with Crippen molar-refractivity contribution >= 4 is 23.7 Å². The second-order valence-electron chi connectivity index (χ2n) is 6.48. The average Bonchev–Trinajstić information content (AvgIpc) is 2.90. The number of hydrogen-bond acceptors (Lipinski definition) is 5. The predicted molar refractivity (Wildman–Crippen MR) is 87.4 cm³/mol. The number of carbonyl (C=O) groups excluding carboxylic acids is 3. The van der Waals surface area contributed by atoms with E-state index in [0.29, 0.717) is 19.4 Å². The fraction of sp³-hybridized carbons (Fsp3) is 0.647. The minimum Gasteiger partial charge on any atom is -0.479 e. The van der Waals surface area contributed by atoms with E-state index in [1.54, 1.807) is 0 Å². The van der Waals surface area contributed by atoms with Crippen LogP contribution in [0.25, 0.3) is 0 Å². The molecule has 0 radical (unpaired) electrons. The number of carboxylic acid groups (broad SMARTS) is 1. The molecular formula is C17H24N2O6. The van der Waals surface area contributed by atoms with E-state index in [4.69, 9.17) is 9.84 Å². The highest BCUT2D eigenvalue weighted by Crippen LogP contribution is 2.30. The molecule has 2 N–H and O–H groups in total. The van der Waals surface area contributed by atoms with Crippen LogP contribution in [0.2, 0.25) is 0 Å². The molecule has 0 aromatic rings. The molecule has 25 heavy (non-hydrogen) atoms. The van der Waals surface area contributed by atoms with Crippen LogP contribution in [0.15, 0.2) is 12.2 Å². The Bertz CT molecular complexity index is 547. The third-order valence-electron chi connectivity index (χ3n) is 4.68. The summed E-state index contributed by atoms with van der Waals surface area (Å²) in [6, 6.07) is 0. The smallest absolute Gasteiger partial charge is 0.332 e.